The van der Waals surface area contributed by atoms with Gasteiger partial charge in [0.25, 0.3) is 0 Å². The quantitative estimate of drug-likeness (QED) is 0.222. The van der Waals surface area contributed by atoms with Gasteiger partial charge in [0.05, 0.1) is 20.3 Å². The number of hydrogen-bond acceptors (Lipinski definition) is 4. The van der Waals surface area contributed by atoms with Crippen LogP contribution in [0.4, 0.5) is 11.4 Å². The molecule has 6 heteroatoms. The predicted octanol–water partition coefficient (Wildman–Crippen LogP) is 8.20. The molecule has 5 rings (SSSR count). The van der Waals surface area contributed by atoms with Gasteiger partial charge in [-0.15, -0.1) is 0 Å². The van der Waals surface area contributed by atoms with Crippen LogP contribution < -0.4 is 20.1 Å². The van der Waals surface area contributed by atoms with Crippen molar-refractivity contribution in [2.24, 2.45) is 0 Å². The Bertz CT molecular complexity index is 1360. The van der Waals surface area contributed by atoms with Crippen molar-refractivity contribution in [3.8, 4) is 11.5 Å². The molecule has 1 heterocycles. The molecule has 3 atom stereocenters. The third kappa shape index (κ3) is 5.11. The predicted molar refractivity (Wildman–Crippen MR) is 154 cm³/mol. The van der Waals surface area contributed by atoms with Gasteiger partial charge in [-0.05, 0) is 53.4 Å². The van der Waals surface area contributed by atoms with Gasteiger partial charge in [0, 0.05) is 44.4 Å². The summed E-state index contributed by atoms with van der Waals surface area (Å²) >= 11 is 7.62. The van der Waals surface area contributed by atoms with Crippen LogP contribution in [0.25, 0.3) is 0 Å². The number of ether oxygens (including phenoxy) is 2. The van der Waals surface area contributed by atoms with Crippen LogP contribution in [0, 0.1) is 0 Å². The smallest absolute Gasteiger partial charge is 0.120 e. The van der Waals surface area contributed by atoms with Gasteiger partial charge in [0.2, 0.25) is 0 Å². The number of methoxy groups -OCH3 is 2. The Labute approximate surface area is 229 Å². The molecule has 0 amide bonds. The number of nitrogens with one attached hydrogen (secondary N) is 2. The fraction of sp³-hybridized carbons (Fsp3) is 0.200. The van der Waals surface area contributed by atoms with E-state index in [9.17, 15) is 0 Å². The largest absolute Gasteiger partial charge is 0.497 e. The van der Waals surface area contributed by atoms with E-state index in [1.807, 2.05) is 24.3 Å². The fourth-order valence-electron chi connectivity index (χ4n) is 5.05. The lowest BCUT2D eigenvalue weighted by Gasteiger charge is -2.42. The van der Waals surface area contributed by atoms with E-state index in [1.54, 1.807) is 14.2 Å². The zero-order chi connectivity index (χ0) is 25.1. The van der Waals surface area contributed by atoms with Crippen molar-refractivity contribution < 1.29 is 9.47 Å². The number of benzene rings is 4. The topological polar surface area (TPSA) is 42.5 Å². The minimum absolute atomic E-state index is 0.00505. The Balaban J connectivity index is 1.66. The molecule has 4 aromatic rings. The zero-order valence-electron chi connectivity index (χ0n) is 20.2. The summed E-state index contributed by atoms with van der Waals surface area (Å²) in [6.07, 6.45) is 0.848. The highest BCUT2D eigenvalue weighted by Gasteiger charge is 2.39. The van der Waals surface area contributed by atoms with E-state index in [2.05, 4.69) is 109 Å². The summed E-state index contributed by atoms with van der Waals surface area (Å²) in [6.45, 7) is 0. The van der Waals surface area contributed by atoms with Gasteiger partial charge in [0.1, 0.15) is 11.5 Å². The Morgan fingerprint density at radius 2 is 1.47 bits per heavy atom. The minimum atomic E-state index is 0.00505. The van der Waals surface area contributed by atoms with E-state index in [4.69, 9.17) is 9.47 Å². The second-order valence-corrected chi connectivity index (χ2v) is 10.6. The zero-order valence-corrected chi connectivity index (χ0v) is 23.3. The van der Waals surface area contributed by atoms with Gasteiger partial charge < -0.3 is 20.1 Å². The summed E-state index contributed by atoms with van der Waals surface area (Å²) in [5.74, 6) is 1.78. The van der Waals surface area contributed by atoms with Gasteiger partial charge in [0.15, 0.2) is 0 Å². The number of fused-ring (bicyclic) bond motifs is 1. The van der Waals surface area contributed by atoms with Crippen LogP contribution >= 0.6 is 31.9 Å². The van der Waals surface area contributed by atoms with Crippen molar-refractivity contribution >= 4 is 43.2 Å². The first-order valence-corrected chi connectivity index (χ1v) is 13.5. The van der Waals surface area contributed by atoms with Crippen LogP contribution in [0.15, 0.2) is 99.9 Å². The molecule has 1 aliphatic heterocycles. The molecule has 4 aromatic carbocycles. The summed E-state index contributed by atoms with van der Waals surface area (Å²) in [4.78, 5) is 0. The Kier molecular flexibility index (Phi) is 7.54. The summed E-state index contributed by atoms with van der Waals surface area (Å²) in [7, 11) is 3.40. The maximum atomic E-state index is 5.58. The SMILES string of the molecule is COc1cccc(N[C@@H]2c3ccc(OC)cc3N[C@H](Cc3ccccc3Br)[C@H]2c2ccccc2Br)c1. The Hall–Kier alpha value is -2.96. The number of hydrogen-bond donors (Lipinski definition) is 2. The van der Waals surface area contributed by atoms with E-state index in [0.29, 0.717) is 0 Å². The summed E-state index contributed by atoms with van der Waals surface area (Å²) in [5, 5.41) is 7.74. The third-order valence-electron chi connectivity index (χ3n) is 6.78. The van der Waals surface area contributed by atoms with Crippen LogP contribution in [0.3, 0.4) is 0 Å². The van der Waals surface area contributed by atoms with Crippen LogP contribution in [0.1, 0.15) is 28.7 Å². The molecular weight excluding hydrogens is 580 g/mol. The van der Waals surface area contributed by atoms with Gasteiger partial charge in [-0.3, -0.25) is 0 Å². The van der Waals surface area contributed by atoms with Crippen LogP contribution in [-0.4, -0.2) is 20.3 Å². The van der Waals surface area contributed by atoms with Crippen LogP contribution in [0.5, 0.6) is 11.5 Å². The van der Waals surface area contributed by atoms with Gasteiger partial charge in [-0.1, -0.05) is 80.4 Å². The molecule has 184 valence electrons. The first kappa shape index (κ1) is 24.7. The van der Waals surface area contributed by atoms with Gasteiger partial charge in [-0.25, -0.2) is 0 Å². The lowest BCUT2D eigenvalue weighted by atomic mass is 9.76. The molecule has 0 aliphatic carbocycles. The average Bonchev–Trinajstić information content (AvgIpc) is 2.90. The van der Waals surface area contributed by atoms with Crippen molar-refractivity contribution in [2.75, 3.05) is 24.9 Å². The minimum Gasteiger partial charge on any atom is -0.497 e. The molecular formula is C30H28Br2N2O2. The van der Waals surface area contributed by atoms with Crippen LogP contribution in [-0.2, 0) is 6.42 Å². The lowest BCUT2D eigenvalue weighted by Crippen LogP contribution is -2.40. The molecule has 0 saturated carbocycles. The Morgan fingerprint density at radius 3 is 2.22 bits per heavy atom. The third-order valence-corrected chi connectivity index (χ3v) is 8.28. The maximum absolute atomic E-state index is 5.58. The molecule has 0 aromatic heterocycles. The van der Waals surface area contributed by atoms with Crippen molar-refractivity contribution in [1.82, 2.24) is 0 Å². The fourth-order valence-corrected chi connectivity index (χ4v) is 6.05. The molecule has 0 fully saturated rings. The van der Waals surface area contributed by atoms with Crippen LogP contribution in [0.2, 0.25) is 0 Å². The standard InChI is InChI=1S/C30H28Br2N2O2/c1-35-21-10-7-9-20(17-21)33-30-24-15-14-22(36-2)18-27(24)34-28(16-19-8-3-5-12-25(19)31)29(30)23-11-4-6-13-26(23)32/h3-15,17-18,28-30,33-34H,16H2,1-2H3/t28-,29-,30-/m1/s1. The van der Waals surface area contributed by atoms with Crippen molar-refractivity contribution in [3.05, 3.63) is 117 Å². The summed E-state index contributed by atoms with van der Waals surface area (Å²) in [5.41, 5.74) is 5.81. The molecule has 0 saturated heterocycles. The molecule has 0 radical (unpaired) electrons. The lowest BCUT2D eigenvalue weighted by molar-refractivity contribution is 0.413. The van der Waals surface area contributed by atoms with Gasteiger partial charge >= 0.3 is 0 Å². The van der Waals surface area contributed by atoms with Crippen molar-refractivity contribution in [1.29, 1.82) is 0 Å². The first-order chi connectivity index (χ1) is 17.6. The second-order valence-electron chi connectivity index (χ2n) is 8.90. The molecule has 0 spiro atoms. The molecule has 2 N–H and O–H groups in total. The second kappa shape index (κ2) is 11.0. The van der Waals surface area contributed by atoms with E-state index < -0.39 is 0 Å². The monoisotopic (exact) mass is 606 g/mol. The van der Waals surface area contributed by atoms with E-state index in [-0.39, 0.29) is 18.0 Å². The molecule has 0 bridgehead atoms. The number of anilines is 2. The highest BCUT2D eigenvalue weighted by atomic mass is 79.9. The molecule has 0 unspecified atom stereocenters. The average molecular weight is 608 g/mol. The highest BCUT2D eigenvalue weighted by Crippen LogP contribution is 2.48. The van der Waals surface area contributed by atoms with E-state index >= 15 is 0 Å². The summed E-state index contributed by atoms with van der Waals surface area (Å²) < 4.78 is 13.3. The normalized spacial score (nSPS) is 18.6. The number of rotatable bonds is 7. The Morgan fingerprint density at radius 1 is 0.750 bits per heavy atom. The van der Waals surface area contributed by atoms with E-state index in [1.165, 1.54) is 16.7 Å². The molecule has 1 aliphatic rings. The van der Waals surface area contributed by atoms with Gasteiger partial charge in [-0.2, -0.15) is 0 Å². The number of halogens is 2. The maximum Gasteiger partial charge on any atom is 0.120 e. The van der Waals surface area contributed by atoms with Crippen molar-refractivity contribution in [3.63, 3.8) is 0 Å². The first-order valence-electron chi connectivity index (χ1n) is 11.9. The molecule has 4 nitrogen and oxygen atoms in total. The van der Waals surface area contributed by atoms with Crippen molar-refractivity contribution in [2.45, 2.75) is 24.4 Å². The molecule has 36 heavy (non-hydrogen) atoms. The van der Waals surface area contributed by atoms with E-state index in [0.717, 1.165) is 38.2 Å². The highest BCUT2D eigenvalue weighted by molar-refractivity contribution is 9.10. The summed E-state index contributed by atoms with van der Waals surface area (Å²) in [6, 6.07) is 31.5.